The molecule has 0 unspecified atom stereocenters. The van der Waals surface area contributed by atoms with Crippen LogP contribution in [0, 0.1) is 6.92 Å². The van der Waals surface area contributed by atoms with Gasteiger partial charge in [0.25, 0.3) is 5.91 Å². The van der Waals surface area contributed by atoms with E-state index in [1.54, 1.807) is 50.0 Å². The third kappa shape index (κ3) is 4.25. The fourth-order valence-corrected chi connectivity index (χ4v) is 3.86. The van der Waals surface area contributed by atoms with Crippen LogP contribution in [-0.2, 0) is 6.61 Å². The summed E-state index contributed by atoms with van der Waals surface area (Å²) in [5.41, 5.74) is 16.3. The molecule has 4 aromatic heterocycles. The molecule has 36 heavy (non-hydrogen) atoms. The first-order chi connectivity index (χ1) is 17.4. The van der Waals surface area contributed by atoms with Gasteiger partial charge in [0, 0.05) is 17.0 Å². The van der Waals surface area contributed by atoms with Crippen LogP contribution in [0.1, 0.15) is 21.9 Å². The van der Waals surface area contributed by atoms with Crippen molar-refractivity contribution in [3.63, 3.8) is 0 Å². The van der Waals surface area contributed by atoms with Crippen molar-refractivity contribution in [3.8, 4) is 34.1 Å². The third-order valence-electron chi connectivity index (χ3n) is 5.65. The van der Waals surface area contributed by atoms with E-state index in [0.717, 1.165) is 22.0 Å². The van der Waals surface area contributed by atoms with Crippen molar-refractivity contribution >= 4 is 22.5 Å². The summed E-state index contributed by atoms with van der Waals surface area (Å²) in [7, 11) is 1.54. The maximum atomic E-state index is 12.3. The van der Waals surface area contributed by atoms with Crippen molar-refractivity contribution in [1.82, 2.24) is 30.1 Å². The number of primary amides is 1. The molecular weight excluding hydrogens is 460 g/mol. The summed E-state index contributed by atoms with van der Waals surface area (Å²) in [6.45, 7) is 2.06. The molecule has 0 radical (unpaired) electrons. The standard InChI is InChI=1S/C25H22N8O3/c1-13-6-7-17-16(11-30-33-17)22(13)15-8-19(32-24(23(15)26)25(27)34)18-4-3-5-21(31-18)36-12-20-28-9-14(35-2)10-29-20/h3-11H,12,26H2,1-2H3,(H2,27,34)(H,30,33). The quantitative estimate of drug-likeness (QED) is 0.316. The number of H-pyrrole nitrogens is 1. The molecule has 4 heterocycles. The molecule has 5 aromatic rings. The molecule has 11 nitrogen and oxygen atoms in total. The summed E-state index contributed by atoms with van der Waals surface area (Å²) >= 11 is 0. The topological polar surface area (TPSA) is 168 Å². The van der Waals surface area contributed by atoms with Gasteiger partial charge in [0.15, 0.2) is 17.3 Å². The largest absolute Gasteiger partial charge is 0.494 e. The summed E-state index contributed by atoms with van der Waals surface area (Å²) in [4.78, 5) is 29.6. The van der Waals surface area contributed by atoms with Gasteiger partial charge in [-0.25, -0.2) is 19.9 Å². The Morgan fingerprint density at radius 1 is 1.06 bits per heavy atom. The SMILES string of the molecule is COc1cnc(COc2cccc(-c3cc(-c4c(C)ccc5[nH]ncc45)c(N)c(C(N)=O)n3)n2)nc1. The van der Waals surface area contributed by atoms with E-state index < -0.39 is 5.91 Å². The number of pyridine rings is 2. The van der Waals surface area contributed by atoms with Crippen LogP contribution in [0.2, 0.25) is 0 Å². The van der Waals surface area contributed by atoms with E-state index in [-0.39, 0.29) is 18.0 Å². The molecule has 0 saturated carbocycles. The van der Waals surface area contributed by atoms with Gasteiger partial charge in [-0.1, -0.05) is 12.1 Å². The first-order valence-electron chi connectivity index (χ1n) is 10.9. The number of hydrogen-bond donors (Lipinski definition) is 3. The Morgan fingerprint density at radius 2 is 1.86 bits per heavy atom. The Bertz CT molecular complexity index is 1580. The molecule has 0 saturated heterocycles. The number of aromatic nitrogens is 6. The number of rotatable bonds is 7. The molecule has 0 aliphatic rings. The number of nitrogen functional groups attached to an aromatic ring is 1. The lowest BCUT2D eigenvalue weighted by atomic mass is 9.94. The van der Waals surface area contributed by atoms with Gasteiger partial charge in [-0.05, 0) is 36.2 Å². The lowest BCUT2D eigenvalue weighted by Crippen LogP contribution is -2.17. The number of carbonyl (C=O) groups is 1. The predicted octanol–water partition coefficient (Wildman–Crippen LogP) is 3.05. The number of aryl methyl sites for hydroxylation is 1. The zero-order chi connectivity index (χ0) is 25.2. The van der Waals surface area contributed by atoms with Crippen molar-refractivity contribution < 1.29 is 14.3 Å². The Balaban J connectivity index is 1.55. The van der Waals surface area contributed by atoms with E-state index in [2.05, 4.69) is 30.1 Å². The van der Waals surface area contributed by atoms with E-state index in [1.807, 2.05) is 19.1 Å². The highest BCUT2D eigenvalue weighted by Gasteiger charge is 2.20. The first kappa shape index (κ1) is 22.7. The summed E-state index contributed by atoms with van der Waals surface area (Å²) in [6, 6.07) is 10.9. The number of anilines is 1. The van der Waals surface area contributed by atoms with Crippen molar-refractivity contribution in [2.24, 2.45) is 5.73 Å². The highest BCUT2D eigenvalue weighted by molar-refractivity contribution is 6.05. The molecule has 180 valence electrons. The van der Waals surface area contributed by atoms with E-state index in [1.165, 1.54) is 0 Å². The lowest BCUT2D eigenvalue weighted by Gasteiger charge is -2.15. The number of amides is 1. The molecular formula is C25H22N8O3. The third-order valence-corrected chi connectivity index (χ3v) is 5.65. The highest BCUT2D eigenvalue weighted by Crippen LogP contribution is 2.37. The monoisotopic (exact) mass is 482 g/mol. The van der Waals surface area contributed by atoms with Crippen LogP contribution in [0.4, 0.5) is 5.69 Å². The number of benzene rings is 1. The lowest BCUT2D eigenvalue weighted by molar-refractivity contribution is 0.0996. The second kappa shape index (κ2) is 9.29. The molecule has 0 aliphatic heterocycles. The molecule has 0 aliphatic carbocycles. The Kier molecular flexibility index (Phi) is 5.87. The number of nitrogens with two attached hydrogens (primary N) is 2. The summed E-state index contributed by atoms with van der Waals surface area (Å²) in [5, 5.41) is 7.96. The highest BCUT2D eigenvalue weighted by atomic mass is 16.5. The van der Waals surface area contributed by atoms with Crippen LogP contribution in [0.5, 0.6) is 11.6 Å². The smallest absolute Gasteiger partial charge is 0.269 e. The van der Waals surface area contributed by atoms with E-state index in [0.29, 0.717) is 34.4 Å². The number of carbonyl (C=O) groups excluding carboxylic acids is 1. The van der Waals surface area contributed by atoms with E-state index in [9.17, 15) is 4.79 Å². The van der Waals surface area contributed by atoms with E-state index >= 15 is 0 Å². The van der Waals surface area contributed by atoms with Crippen LogP contribution < -0.4 is 20.9 Å². The molecule has 0 bridgehead atoms. The molecule has 11 heteroatoms. The van der Waals surface area contributed by atoms with Crippen molar-refractivity contribution in [2.45, 2.75) is 13.5 Å². The van der Waals surface area contributed by atoms with E-state index in [4.69, 9.17) is 20.9 Å². The average molecular weight is 483 g/mol. The van der Waals surface area contributed by atoms with Crippen LogP contribution in [-0.4, -0.2) is 43.2 Å². The number of nitrogens with one attached hydrogen (secondary N) is 1. The predicted molar refractivity (Wildman–Crippen MR) is 133 cm³/mol. The van der Waals surface area contributed by atoms with Crippen molar-refractivity contribution in [2.75, 3.05) is 12.8 Å². The second-order valence-corrected chi connectivity index (χ2v) is 7.96. The van der Waals surface area contributed by atoms with Gasteiger partial charge in [-0.3, -0.25) is 9.89 Å². The van der Waals surface area contributed by atoms with Gasteiger partial charge < -0.3 is 20.9 Å². The Labute approximate surface area is 205 Å². The first-order valence-corrected chi connectivity index (χ1v) is 10.9. The van der Waals surface area contributed by atoms with Crippen LogP contribution >= 0.6 is 0 Å². The van der Waals surface area contributed by atoms with Crippen molar-refractivity contribution in [1.29, 1.82) is 0 Å². The van der Waals surface area contributed by atoms with Gasteiger partial charge in [-0.2, -0.15) is 5.10 Å². The minimum atomic E-state index is -0.739. The molecule has 5 N–H and O–H groups in total. The fourth-order valence-electron chi connectivity index (χ4n) is 3.86. The molecule has 5 rings (SSSR count). The summed E-state index contributed by atoms with van der Waals surface area (Å²) < 4.78 is 10.8. The summed E-state index contributed by atoms with van der Waals surface area (Å²) in [6.07, 6.45) is 4.83. The molecule has 0 spiro atoms. The van der Waals surface area contributed by atoms with Crippen LogP contribution in [0.15, 0.2) is 55.0 Å². The number of fused-ring (bicyclic) bond motifs is 1. The zero-order valence-corrected chi connectivity index (χ0v) is 19.5. The van der Waals surface area contributed by atoms with Crippen LogP contribution in [0.3, 0.4) is 0 Å². The fraction of sp³-hybridized carbons (Fsp3) is 0.120. The van der Waals surface area contributed by atoms with Gasteiger partial charge in [0.05, 0.1) is 48.3 Å². The molecule has 0 fully saturated rings. The normalized spacial score (nSPS) is 10.9. The zero-order valence-electron chi connectivity index (χ0n) is 19.5. The molecule has 1 aromatic carbocycles. The maximum absolute atomic E-state index is 12.3. The minimum absolute atomic E-state index is 0.0397. The number of aromatic amines is 1. The molecule has 0 atom stereocenters. The number of ether oxygens (including phenoxy) is 2. The molecule has 1 amide bonds. The number of hydrogen-bond acceptors (Lipinski definition) is 9. The summed E-state index contributed by atoms with van der Waals surface area (Å²) in [5.74, 6) is 0.615. The van der Waals surface area contributed by atoms with Gasteiger partial charge in [0.2, 0.25) is 5.88 Å². The Hall–Kier alpha value is -5.06. The number of nitrogens with zero attached hydrogens (tertiary/aromatic N) is 5. The van der Waals surface area contributed by atoms with Crippen molar-refractivity contribution in [3.05, 3.63) is 72.1 Å². The average Bonchev–Trinajstić information content (AvgIpc) is 3.37. The second-order valence-electron chi connectivity index (χ2n) is 7.96. The minimum Gasteiger partial charge on any atom is -0.494 e. The Morgan fingerprint density at radius 3 is 2.61 bits per heavy atom. The van der Waals surface area contributed by atoms with Gasteiger partial charge >= 0.3 is 0 Å². The van der Waals surface area contributed by atoms with Gasteiger partial charge in [-0.15, -0.1) is 0 Å². The van der Waals surface area contributed by atoms with Crippen LogP contribution in [0.25, 0.3) is 33.4 Å². The van der Waals surface area contributed by atoms with Gasteiger partial charge in [0.1, 0.15) is 6.61 Å². The maximum Gasteiger partial charge on any atom is 0.269 e. The number of methoxy groups -OCH3 is 1.